The topological polar surface area (TPSA) is 81.4 Å². The number of benzene rings is 2. The molecule has 0 saturated heterocycles. The lowest BCUT2D eigenvalue weighted by Crippen LogP contribution is -2.20. The van der Waals surface area contributed by atoms with Gasteiger partial charge in [0.25, 0.3) is 5.91 Å². The molecule has 0 aliphatic heterocycles. The molecule has 35 heavy (non-hydrogen) atoms. The number of primary amides is 1. The molecule has 0 unspecified atom stereocenters. The van der Waals surface area contributed by atoms with Gasteiger partial charge in [-0.3, -0.25) is 9.59 Å². The van der Waals surface area contributed by atoms with Crippen LogP contribution in [-0.2, 0) is 11.2 Å². The minimum Gasteiger partial charge on any atom is -0.484 e. The van der Waals surface area contributed by atoms with Crippen LogP contribution in [0.15, 0.2) is 48.5 Å². The van der Waals surface area contributed by atoms with Crippen molar-refractivity contribution in [3.05, 3.63) is 59.7 Å². The van der Waals surface area contributed by atoms with Gasteiger partial charge in [0.1, 0.15) is 5.75 Å². The molecular formula is C30H44N2O3. The largest absolute Gasteiger partial charge is 0.484 e. The van der Waals surface area contributed by atoms with Crippen LogP contribution in [0.5, 0.6) is 5.75 Å². The molecule has 192 valence electrons. The summed E-state index contributed by atoms with van der Waals surface area (Å²) < 4.78 is 5.67. The average Bonchev–Trinajstić information content (AvgIpc) is 2.86. The Kier molecular flexibility index (Phi) is 14.3. The van der Waals surface area contributed by atoms with E-state index in [0.29, 0.717) is 17.0 Å². The van der Waals surface area contributed by atoms with Crippen molar-refractivity contribution >= 4 is 17.5 Å². The van der Waals surface area contributed by atoms with E-state index in [1.54, 1.807) is 24.3 Å². The second kappa shape index (κ2) is 17.6. The smallest absolute Gasteiger partial charge is 0.262 e. The molecule has 0 aliphatic rings. The maximum atomic E-state index is 12.2. The molecule has 0 aliphatic carbocycles. The van der Waals surface area contributed by atoms with E-state index in [1.165, 1.54) is 89.0 Å². The summed E-state index contributed by atoms with van der Waals surface area (Å²) in [6.07, 6.45) is 18.6. The summed E-state index contributed by atoms with van der Waals surface area (Å²) >= 11 is 0. The van der Waals surface area contributed by atoms with Crippen molar-refractivity contribution in [1.29, 1.82) is 0 Å². The summed E-state index contributed by atoms with van der Waals surface area (Å²) in [5, 5.41) is 2.73. The fraction of sp³-hybridized carbons (Fsp3) is 0.533. The Bertz CT molecular complexity index is 881. The predicted molar refractivity (Wildman–Crippen MR) is 145 cm³/mol. The van der Waals surface area contributed by atoms with Crippen molar-refractivity contribution in [1.82, 2.24) is 0 Å². The summed E-state index contributed by atoms with van der Waals surface area (Å²) in [6, 6.07) is 14.5. The number of ether oxygens (including phenoxy) is 1. The number of nitrogens with one attached hydrogen (secondary N) is 1. The van der Waals surface area contributed by atoms with E-state index in [-0.39, 0.29) is 12.5 Å². The van der Waals surface area contributed by atoms with Gasteiger partial charge in [-0.05, 0) is 48.7 Å². The molecule has 0 atom stereocenters. The fourth-order valence-electron chi connectivity index (χ4n) is 4.23. The summed E-state index contributed by atoms with van der Waals surface area (Å²) in [7, 11) is 0. The maximum absolute atomic E-state index is 12.2. The third-order valence-electron chi connectivity index (χ3n) is 6.27. The monoisotopic (exact) mass is 480 g/mol. The summed E-state index contributed by atoms with van der Waals surface area (Å²) in [4.78, 5) is 23.5. The second-order valence-electron chi connectivity index (χ2n) is 9.42. The van der Waals surface area contributed by atoms with E-state index in [4.69, 9.17) is 10.5 Å². The molecule has 2 aromatic carbocycles. The van der Waals surface area contributed by atoms with Gasteiger partial charge >= 0.3 is 0 Å². The molecule has 2 rings (SSSR count). The Morgan fingerprint density at radius 2 is 1.37 bits per heavy atom. The van der Waals surface area contributed by atoms with Gasteiger partial charge in [0.15, 0.2) is 6.61 Å². The first kappa shape index (κ1) is 28.4. The van der Waals surface area contributed by atoms with Crippen LogP contribution < -0.4 is 15.8 Å². The number of rotatable bonds is 19. The number of carbonyl (C=O) groups excluding carboxylic acids is 2. The van der Waals surface area contributed by atoms with Crippen LogP contribution in [0.1, 0.15) is 106 Å². The number of nitrogens with two attached hydrogens (primary N) is 1. The first-order chi connectivity index (χ1) is 17.1. The highest BCUT2D eigenvalue weighted by atomic mass is 16.5. The third kappa shape index (κ3) is 13.0. The lowest BCUT2D eigenvalue weighted by molar-refractivity contribution is -0.118. The zero-order valence-electron chi connectivity index (χ0n) is 21.5. The molecule has 0 radical (unpaired) electrons. The molecule has 0 spiro atoms. The fourth-order valence-corrected chi connectivity index (χ4v) is 4.23. The van der Waals surface area contributed by atoms with Gasteiger partial charge in [-0.15, -0.1) is 0 Å². The van der Waals surface area contributed by atoms with Gasteiger partial charge in [-0.2, -0.15) is 0 Å². The van der Waals surface area contributed by atoms with Crippen LogP contribution in [0, 0.1) is 0 Å². The highest BCUT2D eigenvalue weighted by molar-refractivity contribution is 5.96. The van der Waals surface area contributed by atoms with E-state index in [9.17, 15) is 9.59 Å². The molecule has 5 nitrogen and oxygen atoms in total. The minimum absolute atomic E-state index is 0.0943. The molecule has 2 amide bonds. The van der Waals surface area contributed by atoms with Crippen LogP contribution in [0.25, 0.3) is 0 Å². The molecule has 0 aromatic heterocycles. The average molecular weight is 481 g/mol. The quantitative estimate of drug-likeness (QED) is 0.205. The third-order valence-corrected chi connectivity index (χ3v) is 6.27. The van der Waals surface area contributed by atoms with Crippen molar-refractivity contribution in [2.24, 2.45) is 5.73 Å². The number of hydrogen-bond acceptors (Lipinski definition) is 3. The van der Waals surface area contributed by atoms with Gasteiger partial charge in [-0.1, -0.05) is 102 Å². The predicted octanol–water partition coefficient (Wildman–Crippen LogP) is 7.44. The van der Waals surface area contributed by atoms with Crippen molar-refractivity contribution in [3.8, 4) is 5.75 Å². The minimum atomic E-state index is -0.530. The summed E-state index contributed by atoms with van der Waals surface area (Å²) in [6.45, 7) is 2.18. The van der Waals surface area contributed by atoms with E-state index in [1.807, 2.05) is 18.2 Å². The SMILES string of the molecule is CCCCCCCCCCCCCCCc1cccc(OCC(=O)Nc2cccc(C(N)=O)c2)c1. The van der Waals surface area contributed by atoms with E-state index in [2.05, 4.69) is 18.3 Å². The standard InChI is InChI=1S/C30H44N2O3/c1-2-3-4-5-6-7-8-9-10-11-12-13-14-17-25-18-15-21-28(22-25)35-24-29(33)32-27-20-16-19-26(23-27)30(31)34/h15-16,18-23H,2-14,17,24H2,1H3,(H2,31,34)(H,32,33). The molecule has 0 fully saturated rings. The maximum Gasteiger partial charge on any atom is 0.262 e. The molecule has 0 saturated carbocycles. The van der Waals surface area contributed by atoms with Gasteiger partial charge < -0.3 is 15.8 Å². The number of aryl methyl sites for hydroxylation is 1. The van der Waals surface area contributed by atoms with Gasteiger partial charge in [0.2, 0.25) is 5.91 Å². The van der Waals surface area contributed by atoms with E-state index < -0.39 is 5.91 Å². The Balaban J connectivity index is 1.55. The molecular weight excluding hydrogens is 436 g/mol. The summed E-state index contributed by atoms with van der Waals surface area (Å²) in [5.74, 6) is -0.121. The van der Waals surface area contributed by atoms with Crippen LogP contribution in [0.4, 0.5) is 5.69 Å². The molecule has 2 aromatic rings. The first-order valence-electron chi connectivity index (χ1n) is 13.5. The van der Waals surface area contributed by atoms with E-state index >= 15 is 0 Å². The van der Waals surface area contributed by atoms with Crippen LogP contribution in [0.2, 0.25) is 0 Å². The molecule has 0 heterocycles. The normalized spacial score (nSPS) is 10.8. The zero-order chi connectivity index (χ0) is 25.1. The van der Waals surface area contributed by atoms with Crippen LogP contribution in [-0.4, -0.2) is 18.4 Å². The van der Waals surface area contributed by atoms with Gasteiger partial charge in [-0.25, -0.2) is 0 Å². The highest BCUT2D eigenvalue weighted by Crippen LogP contribution is 2.17. The molecule has 5 heteroatoms. The van der Waals surface area contributed by atoms with Crippen molar-refractivity contribution < 1.29 is 14.3 Å². The number of anilines is 1. The second-order valence-corrected chi connectivity index (χ2v) is 9.42. The van der Waals surface area contributed by atoms with Crippen molar-refractivity contribution in [3.63, 3.8) is 0 Å². The first-order valence-corrected chi connectivity index (χ1v) is 13.5. The number of amides is 2. The van der Waals surface area contributed by atoms with Crippen molar-refractivity contribution in [2.75, 3.05) is 11.9 Å². The number of unbranched alkanes of at least 4 members (excludes halogenated alkanes) is 12. The van der Waals surface area contributed by atoms with Gasteiger partial charge in [0.05, 0.1) is 0 Å². The lowest BCUT2D eigenvalue weighted by Gasteiger charge is -2.09. The summed E-state index contributed by atoms with van der Waals surface area (Å²) in [5.41, 5.74) is 7.39. The molecule has 0 bridgehead atoms. The number of hydrogen-bond donors (Lipinski definition) is 2. The van der Waals surface area contributed by atoms with Crippen molar-refractivity contribution in [2.45, 2.75) is 96.8 Å². The Hall–Kier alpha value is -2.82. The highest BCUT2D eigenvalue weighted by Gasteiger charge is 2.07. The molecule has 3 N–H and O–H groups in total. The number of carbonyl (C=O) groups is 2. The Morgan fingerprint density at radius 3 is 2.00 bits per heavy atom. The van der Waals surface area contributed by atoms with Crippen LogP contribution >= 0.6 is 0 Å². The van der Waals surface area contributed by atoms with Gasteiger partial charge in [0, 0.05) is 11.3 Å². The van der Waals surface area contributed by atoms with Crippen LogP contribution in [0.3, 0.4) is 0 Å². The Labute approximate surface area is 211 Å². The zero-order valence-corrected chi connectivity index (χ0v) is 21.5. The lowest BCUT2D eigenvalue weighted by atomic mass is 10.0. The Morgan fingerprint density at radius 1 is 0.771 bits per heavy atom. The van der Waals surface area contributed by atoms with E-state index in [0.717, 1.165) is 6.42 Å².